The third-order valence-corrected chi connectivity index (χ3v) is 6.25. The molecule has 1 unspecified atom stereocenters. The van der Waals surface area contributed by atoms with E-state index >= 15 is 8.78 Å². The molecule has 5 aromatic rings. The summed E-state index contributed by atoms with van der Waals surface area (Å²) in [6.45, 7) is -0.844. The lowest BCUT2D eigenvalue weighted by atomic mass is 9.84. The molecular weight excluding hydrogens is 536 g/mol. The molecule has 1 atom stereocenters. The van der Waals surface area contributed by atoms with Gasteiger partial charge in [0, 0.05) is 11.6 Å². The van der Waals surface area contributed by atoms with Crippen molar-refractivity contribution < 1.29 is 27.4 Å². The number of pyridine rings is 1. The van der Waals surface area contributed by atoms with E-state index in [1.54, 1.807) is 24.3 Å². The summed E-state index contributed by atoms with van der Waals surface area (Å²) in [7, 11) is 1.53. The maximum Gasteiger partial charge on any atom is 0.350 e. The number of halogens is 4. The van der Waals surface area contributed by atoms with E-state index in [0.717, 1.165) is 39.5 Å². The molecule has 0 aliphatic carbocycles. The summed E-state index contributed by atoms with van der Waals surface area (Å²) in [6, 6.07) is 10.9. The van der Waals surface area contributed by atoms with E-state index in [0.29, 0.717) is 17.9 Å². The fraction of sp³-hybridized carbons (Fsp3) is 0.200. The van der Waals surface area contributed by atoms with Gasteiger partial charge in [-0.2, -0.15) is 13.9 Å². The lowest BCUT2D eigenvalue weighted by Gasteiger charge is -2.35. The van der Waals surface area contributed by atoms with Gasteiger partial charge in [0.25, 0.3) is 0 Å². The molecule has 0 aliphatic rings. The van der Waals surface area contributed by atoms with Crippen LogP contribution in [0.1, 0.15) is 16.8 Å². The molecule has 0 radical (unpaired) electrons. The number of benzene rings is 2. The molecule has 40 heavy (non-hydrogen) atoms. The highest BCUT2D eigenvalue weighted by Crippen LogP contribution is 2.46. The summed E-state index contributed by atoms with van der Waals surface area (Å²) in [6.07, 6.45) is 3.15. The van der Waals surface area contributed by atoms with E-state index < -0.39 is 46.6 Å². The van der Waals surface area contributed by atoms with Crippen LogP contribution in [0, 0.1) is 11.6 Å². The molecule has 1 N–H and O–H groups in total. The van der Waals surface area contributed by atoms with Crippen LogP contribution in [0.5, 0.6) is 5.75 Å². The van der Waals surface area contributed by atoms with Crippen LogP contribution in [0.25, 0.3) is 5.69 Å². The number of aromatic nitrogens is 8. The number of aliphatic hydroxyl groups is 1. The first-order chi connectivity index (χ1) is 19.1. The van der Waals surface area contributed by atoms with Gasteiger partial charge in [-0.15, -0.1) is 5.10 Å². The molecule has 3 aromatic heterocycles. The maximum atomic E-state index is 15.9. The van der Waals surface area contributed by atoms with Gasteiger partial charge in [0.2, 0.25) is 0 Å². The molecule has 206 valence electrons. The number of rotatable bonds is 9. The van der Waals surface area contributed by atoms with Crippen LogP contribution in [0.4, 0.5) is 17.6 Å². The normalized spacial score (nSPS) is 13.2. The lowest BCUT2D eigenvalue weighted by molar-refractivity contribution is -0.207. The van der Waals surface area contributed by atoms with E-state index in [2.05, 4.69) is 25.6 Å². The average Bonchev–Trinajstić information content (AvgIpc) is 3.58. The summed E-state index contributed by atoms with van der Waals surface area (Å²) in [5.74, 6) is -6.01. The molecular formula is C25H20F4N8O3. The number of alkyl halides is 2. The van der Waals surface area contributed by atoms with Gasteiger partial charge < -0.3 is 9.84 Å². The van der Waals surface area contributed by atoms with Crippen molar-refractivity contribution in [1.29, 1.82) is 0 Å². The SMILES string of the molecule is COc1ccc(Cn2ncn(-c3ccc(C(F)(F)C(O)(Cn4cnnn4)c4ccc(F)cc4F)nc3)c2=O)cc1. The molecule has 0 saturated heterocycles. The second-order valence-electron chi connectivity index (χ2n) is 8.76. The first-order valence-corrected chi connectivity index (χ1v) is 11.6. The van der Waals surface area contributed by atoms with Gasteiger partial charge in [0.05, 0.1) is 32.1 Å². The van der Waals surface area contributed by atoms with Gasteiger partial charge in [-0.25, -0.2) is 27.5 Å². The van der Waals surface area contributed by atoms with Gasteiger partial charge in [-0.1, -0.05) is 12.1 Å². The van der Waals surface area contributed by atoms with E-state index in [-0.39, 0.29) is 12.2 Å². The predicted octanol–water partition coefficient (Wildman–Crippen LogP) is 2.43. The Morgan fingerprint density at radius 2 is 1.80 bits per heavy atom. The smallest absolute Gasteiger partial charge is 0.350 e. The number of tetrazole rings is 1. The van der Waals surface area contributed by atoms with Gasteiger partial charge >= 0.3 is 11.6 Å². The van der Waals surface area contributed by atoms with E-state index in [4.69, 9.17) is 4.74 Å². The highest BCUT2D eigenvalue weighted by Gasteiger charge is 2.58. The Balaban J connectivity index is 1.46. The molecule has 0 spiro atoms. The molecule has 0 amide bonds. The van der Waals surface area contributed by atoms with Crippen molar-refractivity contribution in [3.63, 3.8) is 0 Å². The number of methoxy groups -OCH3 is 1. The molecule has 11 nitrogen and oxygen atoms in total. The molecule has 0 fully saturated rings. The van der Waals surface area contributed by atoms with Crippen LogP contribution in [0.3, 0.4) is 0 Å². The Labute approximate surface area is 222 Å². The molecule has 3 heterocycles. The van der Waals surface area contributed by atoms with Crippen molar-refractivity contribution in [3.05, 3.63) is 112 Å². The van der Waals surface area contributed by atoms with Gasteiger partial charge in [0.15, 0.2) is 5.60 Å². The first kappa shape index (κ1) is 26.7. The van der Waals surface area contributed by atoms with Crippen LogP contribution in [-0.4, -0.2) is 51.8 Å². The molecule has 5 rings (SSSR count). The fourth-order valence-corrected chi connectivity index (χ4v) is 4.12. The van der Waals surface area contributed by atoms with Crippen molar-refractivity contribution in [2.24, 2.45) is 0 Å². The average molecular weight is 556 g/mol. The molecule has 15 heteroatoms. The number of hydrogen-bond acceptors (Lipinski definition) is 8. The Morgan fingerprint density at radius 1 is 1.02 bits per heavy atom. The third-order valence-electron chi connectivity index (χ3n) is 6.25. The van der Waals surface area contributed by atoms with E-state index in [1.165, 1.54) is 24.2 Å². The van der Waals surface area contributed by atoms with E-state index in [1.807, 2.05) is 0 Å². The Kier molecular flexibility index (Phi) is 6.89. The quantitative estimate of drug-likeness (QED) is 0.275. The van der Waals surface area contributed by atoms with Crippen molar-refractivity contribution in [1.82, 2.24) is 39.5 Å². The standard InChI is InChI=1S/C25H20F4N8O3/c1-40-19-6-2-16(3-7-19)12-37-23(38)36(15-32-37)18-5-9-22(30-11-18)25(28,29)24(39,13-35-14-31-33-34-35)20-8-4-17(26)10-21(20)27/h2-11,14-15,39H,12-13H2,1H3. The second kappa shape index (κ2) is 10.3. The van der Waals surface area contributed by atoms with E-state index in [9.17, 15) is 18.7 Å². The second-order valence-corrected chi connectivity index (χ2v) is 8.76. The molecule has 2 aromatic carbocycles. The zero-order valence-corrected chi connectivity index (χ0v) is 20.7. The summed E-state index contributed by atoms with van der Waals surface area (Å²) >= 11 is 0. The zero-order chi connectivity index (χ0) is 28.5. The van der Waals surface area contributed by atoms with Gasteiger partial charge in [0.1, 0.15) is 35.7 Å². The molecule has 0 aliphatic heterocycles. The molecule has 0 bridgehead atoms. The van der Waals surface area contributed by atoms with Crippen LogP contribution in [0.2, 0.25) is 0 Å². The number of nitrogens with zero attached hydrogens (tertiary/aromatic N) is 8. The van der Waals surface area contributed by atoms with Crippen molar-refractivity contribution in [2.45, 2.75) is 24.6 Å². The molecule has 0 saturated carbocycles. The minimum atomic E-state index is -4.24. The number of ether oxygens (including phenoxy) is 1. The largest absolute Gasteiger partial charge is 0.497 e. The fourth-order valence-electron chi connectivity index (χ4n) is 4.12. The van der Waals surface area contributed by atoms with Crippen LogP contribution in [0.15, 0.2) is 78.2 Å². The topological polar surface area (TPSA) is 126 Å². The Morgan fingerprint density at radius 3 is 2.42 bits per heavy atom. The number of hydrogen-bond donors (Lipinski definition) is 1. The Hall–Kier alpha value is -4.92. The lowest BCUT2D eigenvalue weighted by Crippen LogP contribution is -2.48. The van der Waals surface area contributed by atoms with Crippen LogP contribution >= 0.6 is 0 Å². The Bertz CT molecular complexity index is 1670. The predicted molar refractivity (Wildman–Crippen MR) is 130 cm³/mol. The van der Waals surface area contributed by atoms with Gasteiger partial charge in [-0.3, -0.25) is 4.98 Å². The van der Waals surface area contributed by atoms with Crippen molar-refractivity contribution >= 4 is 0 Å². The summed E-state index contributed by atoms with van der Waals surface area (Å²) in [4.78, 5) is 16.7. The maximum absolute atomic E-state index is 15.9. The highest BCUT2D eigenvalue weighted by molar-refractivity contribution is 5.35. The third kappa shape index (κ3) is 4.82. The summed E-state index contributed by atoms with van der Waals surface area (Å²) in [5.41, 5.74) is -4.79. The highest BCUT2D eigenvalue weighted by atomic mass is 19.3. The van der Waals surface area contributed by atoms with Crippen molar-refractivity contribution in [3.8, 4) is 11.4 Å². The minimum absolute atomic E-state index is 0.113. The monoisotopic (exact) mass is 556 g/mol. The first-order valence-electron chi connectivity index (χ1n) is 11.6. The summed E-state index contributed by atoms with van der Waals surface area (Å²) < 4.78 is 68.2. The van der Waals surface area contributed by atoms with Crippen molar-refractivity contribution in [2.75, 3.05) is 7.11 Å². The van der Waals surface area contributed by atoms with Crippen LogP contribution in [-0.2, 0) is 24.6 Å². The zero-order valence-electron chi connectivity index (χ0n) is 20.7. The summed E-state index contributed by atoms with van der Waals surface area (Å²) in [5, 5.41) is 25.5. The minimum Gasteiger partial charge on any atom is -0.497 e. The van der Waals surface area contributed by atoms with Gasteiger partial charge in [-0.05, 0) is 52.4 Å². The van der Waals surface area contributed by atoms with Crippen LogP contribution < -0.4 is 10.4 Å².